The fourth-order valence-corrected chi connectivity index (χ4v) is 2.24. The van der Waals surface area contributed by atoms with Crippen molar-refractivity contribution in [3.05, 3.63) is 0 Å². The monoisotopic (exact) mass is 301 g/mol. The van der Waals surface area contributed by atoms with Crippen molar-refractivity contribution in [2.75, 3.05) is 26.2 Å². The maximum absolute atomic E-state index is 12.0. The lowest BCUT2D eigenvalue weighted by Crippen LogP contribution is -2.56. The highest BCUT2D eigenvalue weighted by Gasteiger charge is 2.28. The van der Waals surface area contributed by atoms with Crippen molar-refractivity contribution in [1.29, 1.82) is 0 Å². The molecule has 2 atom stereocenters. The van der Waals surface area contributed by atoms with Gasteiger partial charge in [-0.2, -0.15) is 0 Å². The van der Waals surface area contributed by atoms with Crippen LogP contribution in [0.2, 0.25) is 0 Å². The van der Waals surface area contributed by atoms with Gasteiger partial charge >= 0.3 is 18.0 Å². The van der Waals surface area contributed by atoms with Gasteiger partial charge in [0.2, 0.25) is 0 Å². The van der Waals surface area contributed by atoms with Crippen LogP contribution < -0.4 is 5.32 Å². The van der Waals surface area contributed by atoms with E-state index >= 15 is 0 Å². The lowest BCUT2D eigenvalue weighted by atomic mass is 10.2. The van der Waals surface area contributed by atoms with E-state index in [1.54, 1.807) is 0 Å². The Balaban J connectivity index is 2.49. The first-order chi connectivity index (χ1) is 9.85. The van der Waals surface area contributed by atoms with Crippen LogP contribution in [0.3, 0.4) is 0 Å². The number of piperazine rings is 1. The minimum atomic E-state index is -1.40. The van der Waals surface area contributed by atoms with Gasteiger partial charge in [0.25, 0.3) is 0 Å². The number of carbonyl (C=O) groups excluding carboxylic acids is 1. The Labute approximate surface area is 123 Å². The summed E-state index contributed by atoms with van der Waals surface area (Å²) in [6, 6.07) is -1.47. The number of carbonyl (C=O) groups is 3. The van der Waals surface area contributed by atoms with Gasteiger partial charge in [0.15, 0.2) is 0 Å². The van der Waals surface area contributed by atoms with Crippen LogP contribution in [0.25, 0.3) is 0 Å². The zero-order valence-electron chi connectivity index (χ0n) is 12.4. The summed E-state index contributed by atoms with van der Waals surface area (Å²) in [6.07, 6.45) is 0.403. The number of nitrogens with one attached hydrogen (secondary N) is 1. The third-order valence-electron chi connectivity index (χ3n) is 3.79. The molecule has 0 aromatic rings. The summed E-state index contributed by atoms with van der Waals surface area (Å²) in [5.74, 6) is -2.60. The molecule has 0 aromatic heterocycles. The zero-order chi connectivity index (χ0) is 16.0. The maximum Gasteiger partial charge on any atom is 0.326 e. The maximum atomic E-state index is 12.0. The Morgan fingerprint density at radius 1 is 1.14 bits per heavy atom. The third-order valence-corrected chi connectivity index (χ3v) is 3.79. The first-order valence-electron chi connectivity index (χ1n) is 7.09. The SMILES string of the molecule is CCC(C)N1CCN(C(=O)NC(CC(=O)O)C(=O)O)CC1. The van der Waals surface area contributed by atoms with Gasteiger partial charge in [-0.3, -0.25) is 9.69 Å². The second-order valence-electron chi connectivity index (χ2n) is 5.22. The van der Waals surface area contributed by atoms with Crippen molar-refractivity contribution in [1.82, 2.24) is 15.1 Å². The Hall–Kier alpha value is -1.83. The van der Waals surface area contributed by atoms with Crippen molar-refractivity contribution >= 4 is 18.0 Å². The number of aliphatic carboxylic acids is 2. The molecule has 0 aromatic carbocycles. The normalized spacial score (nSPS) is 18.9. The predicted octanol–water partition coefficient (Wildman–Crippen LogP) is 0.0400. The van der Waals surface area contributed by atoms with Crippen molar-refractivity contribution in [3.63, 3.8) is 0 Å². The Morgan fingerprint density at radius 3 is 2.14 bits per heavy atom. The number of rotatable bonds is 6. The molecule has 2 amide bonds. The highest BCUT2D eigenvalue weighted by molar-refractivity contribution is 5.86. The minimum Gasteiger partial charge on any atom is -0.481 e. The standard InChI is InChI=1S/C13H23N3O5/c1-3-9(2)15-4-6-16(7-5-15)13(21)14-10(12(19)20)8-11(17)18/h9-10H,3-8H2,1-2H3,(H,14,21)(H,17,18)(H,19,20). The van der Waals surface area contributed by atoms with Crippen LogP contribution in [-0.4, -0.2) is 76.2 Å². The van der Waals surface area contributed by atoms with Crippen LogP contribution in [0.1, 0.15) is 26.7 Å². The second-order valence-corrected chi connectivity index (χ2v) is 5.22. The molecular weight excluding hydrogens is 278 g/mol. The van der Waals surface area contributed by atoms with E-state index in [0.29, 0.717) is 19.1 Å². The molecule has 1 fully saturated rings. The molecule has 8 heteroatoms. The number of urea groups is 1. The van der Waals surface area contributed by atoms with E-state index in [4.69, 9.17) is 10.2 Å². The average molecular weight is 301 g/mol. The van der Waals surface area contributed by atoms with Gasteiger partial charge < -0.3 is 20.4 Å². The third kappa shape index (κ3) is 5.22. The molecule has 2 unspecified atom stereocenters. The van der Waals surface area contributed by atoms with E-state index in [-0.39, 0.29) is 0 Å². The summed E-state index contributed by atoms with van der Waals surface area (Å²) < 4.78 is 0. The van der Waals surface area contributed by atoms with E-state index in [1.165, 1.54) is 4.90 Å². The molecule has 1 rings (SSSR count). The van der Waals surface area contributed by atoms with Crippen molar-refractivity contribution in [2.45, 2.75) is 38.8 Å². The lowest BCUT2D eigenvalue weighted by Gasteiger charge is -2.38. The van der Waals surface area contributed by atoms with E-state index in [9.17, 15) is 14.4 Å². The molecule has 0 radical (unpaired) electrons. The minimum absolute atomic E-state index is 0.453. The van der Waals surface area contributed by atoms with E-state index in [1.807, 2.05) is 0 Å². The zero-order valence-corrected chi connectivity index (χ0v) is 12.4. The Kier molecular flexibility index (Phi) is 6.41. The molecule has 0 spiro atoms. The molecule has 8 nitrogen and oxygen atoms in total. The van der Waals surface area contributed by atoms with Crippen molar-refractivity contribution in [2.24, 2.45) is 0 Å². The quantitative estimate of drug-likeness (QED) is 0.639. The fraction of sp³-hybridized carbons (Fsp3) is 0.769. The fourth-order valence-electron chi connectivity index (χ4n) is 2.24. The largest absolute Gasteiger partial charge is 0.481 e. The highest BCUT2D eigenvalue weighted by Crippen LogP contribution is 2.09. The molecule has 21 heavy (non-hydrogen) atoms. The summed E-state index contributed by atoms with van der Waals surface area (Å²) in [5, 5.41) is 19.8. The molecule has 0 aliphatic carbocycles. The van der Waals surface area contributed by atoms with Crippen LogP contribution in [-0.2, 0) is 9.59 Å². The molecule has 0 bridgehead atoms. The first kappa shape index (κ1) is 17.2. The summed E-state index contributed by atoms with van der Waals surface area (Å²) in [6.45, 7) is 6.72. The predicted molar refractivity (Wildman–Crippen MR) is 75.1 cm³/mol. The van der Waals surface area contributed by atoms with Gasteiger partial charge in [0, 0.05) is 32.2 Å². The molecule has 1 aliphatic heterocycles. The lowest BCUT2D eigenvalue weighted by molar-refractivity contribution is -0.145. The van der Waals surface area contributed by atoms with Crippen LogP contribution in [0.5, 0.6) is 0 Å². The van der Waals surface area contributed by atoms with Gasteiger partial charge in [0.05, 0.1) is 6.42 Å². The number of carboxylic acids is 2. The molecule has 1 aliphatic rings. The first-order valence-corrected chi connectivity index (χ1v) is 7.09. The number of hydrogen-bond donors (Lipinski definition) is 3. The molecule has 1 saturated heterocycles. The van der Waals surface area contributed by atoms with Crippen LogP contribution >= 0.6 is 0 Å². The van der Waals surface area contributed by atoms with Gasteiger partial charge in [-0.1, -0.05) is 6.92 Å². The highest BCUT2D eigenvalue weighted by atomic mass is 16.4. The average Bonchev–Trinajstić information content (AvgIpc) is 2.45. The summed E-state index contributed by atoms with van der Waals surface area (Å²) in [7, 11) is 0. The summed E-state index contributed by atoms with van der Waals surface area (Å²) >= 11 is 0. The van der Waals surface area contributed by atoms with Crippen LogP contribution in [0.4, 0.5) is 4.79 Å². The van der Waals surface area contributed by atoms with Gasteiger partial charge in [0.1, 0.15) is 6.04 Å². The summed E-state index contributed by atoms with van der Waals surface area (Å²) in [5.41, 5.74) is 0. The van der Waals surface area contributed by atoms with Crippen molar-refractivity contribution < 1.29 is 24.6 Å². The van der Waals surface area contributed by atoms with Crippen LogP contribution in [0.15, 0.2) is 0 Å². The van der Waals surface area contributed by atoms with E-state index in [2.05, 4.69) is 24.1 Å². The molecule has 0 saturated carbocycles. The molecular formula is C13H23N3O5. The van der Waals surface area contributed by atoms with E-state index < -0.39 is 30.4 Å². The Morgan fingerprint density at radius 2 is 1.71 bits per heavy atom. The number of nitrogens with zero attached hydrogens (tertiary/aromatic N) is 2. The number of hydrogen-bond acceptors (Lipinski definition) is 4. The van der Waals surface area contributed by atoms with E-state index in [0.717, 1.165) is 19.5 Å². The topological polar surface area (TPSA) is 110 Å². The number of amides is 2. The molecule has 3 N–H and O–H groups in total. The van der Waals surface area contributed by atoms with Gasteiger partial charge in [-0.05, 0) is 13.3 Å². The Bertz CT molecular complexity index is 393. The van der Waals surface area contributed by atoms with Crippen LogP contribution in [0, 0.1) is 0 Å². The molecule has 1 heterocycles. The summed E-state index contributed by atoms with van der Waals surface area (Å²) in [4.78, 5) is 37.3. The van der Waals surface area contributed by atoms with Crippen molar-refractivity contribution in [3.8, 4) is 0 Å². The van der Waals surface area contributed by atoms with Gasteiger partial charge in [-0.25, -0.2) is 9.59 Å². The smallest absolute Gasteiger partial charge is 0.326 e. The number of carboxylic acid groups (broad SMARTS) is 2. The molecule has 120 valence electrons. The second kappa shape index (κ2) is 7.82. The van der Waals surface area contributed by atoms with Gasteiger partial charge in [-0.15, -0.1) is 0 Å².